The Hall–Kier alpha value is -0.160. The molecule has 0 bridgehead atoms. The second-order valence-electron chi connectivity index (χ2n) is 3.33. The highest BCUT2D eigenvalue weighted by Gasteiger charge is 2.56. The zero-order valence-electron chi connectivity index (χ0n) is 6.36. The van der Waals surface area contributed by atoms with E-state index in [9.17, 15) is 10.2 Å². The van der Waals surface area contributed by atoms with Gasteiger partial charge in [0, 0.05) is 0 Å². The van der Waals surface area contributed by atoms with Crippen LogP contribution in [0.15, 0.2) is 0 Å². The van der Waals surface area contributed by atoms with E-state index in [1.165, 1.54) is 0 Å². The first kappa shape index (κ1) is 7.49. The van der Waals surface area contributed by atoms with Gasteiger partial charge in [-0.3, -0.25) is 0 Å². The number of ether oxygens (including phenoxy) is 2. The number of rotatable bonds is 0. The van der Waals surface area contributed by atoms with Gasteiger partial charge in [-0.1, -0.05) is 0 Å². The number of hydrogen-bond donors (Lipinski definition) is 2. The summed E-state index contributed by atoms with van der Waals surface area (Å²) in [7, 11) is 0. The van der Waals surface area contributed by atoms with Gasteiger partial charge < -0.3 is 19.7 Å². The lowest BCUT2D eigenvalue weighted by Gasteiger charge is -2.24. The molecular formula is C7H12O4. The fourth-order valence-electron chi connectivity index (χ4n) is 1.74. The van der Waals surface area contributed by atoms with Crippen molar-refractivity contribution in [3.05, 3.63) is 0 Å². The molecule has 0 spiro atoms. The van der Waals surface area contributed by atoms with Gasteiger partial charge in [0.25, 0.3) is 0 Å². The van der Waals surface area contributed by atoms with Crippen molar-refractivity contribution in [1.29, 1.82) is 0 Å². The molecule has 4 atom stereocenters. The van der Waals surface area contributed by atoms with Gasteiger partial charge in [0.05, 0.1) is 13.2 Å². The van der Waals surface area contributed by atoms with Crippen molar-refractivity contribution in [2.75, 3.05) is 13.2 Å². The first-order valence-corrected chi connectivity index (χ1v) is 3.76. The first-order chi connectivity index (χ1) is 5.14. The molecule has 2 aliphatic rings. The van der Waals surface area contributed by atoms with E-state index in [1.807, 2.05) is 0 Å². The van der Waals surface area contributed by atoms with Crippen molar-refractivity contribution in [2.24, 2.45) is 0 Å². The van der Waals surface area contributed by atoms with E-state index in [4.69, 9.17) is 9.47 Å². The van der Waals surface area contributed by atoms with Gasteiger partial charge in [-0.2, -0.15) is 0 Å². The minimum atomic E-state index is -0.681. The number of fused-ring (bicyclic) bond motifs is 1. The Balaban J connectivity index is 2.23. The Bertz CT molecular complexity index is 172. The van der Waals surface area contributed by atoms with Gasteiger partial charge in [0.2, 0.25) is 0 Å². The maximum Gasteiger partial charge on any atom is 0.122 e. The second kappa shape index (κ2) is 2.17. The zero-order chi connectivity index (χ0) is 8.06. The molecule has 2 aliphatic heterocycles. The maximum atomic E-state index is 9.42. The van der Waals surface area contributed by atoms with Crippen molar-refractivity contribution in [2.45, 2.75) is 30.8 Å². The molecule has 0 saturated carbocycles. The van der Waals surface area contributed by atoms with Crippen LogP contribution in [0.4, 0.5) is 0 Å². The molecule has 2 heterocycles. The van der Waals surface area contributed by atoms with E-state index in [0.29, 0.717) is 0 Å². The molecule has 64 valence electrons. The third-order valence-corrected chi connectivity index (χ3v) is 2.57. The summed E-state index contributed by atoms with van der Waals surface area (Å²) in [6.45, 7) is 2.29. The summed E-state index contributed by atoms with van der Waals surface area (Å²) in [4.78, 5) is 0. The van der Waals surface area contributed by atoms with Crippen LogP contribution >= 0.6 is 0 Å². The Labute approximate surface area is 64.7 Å². The SMILES string of the molecule is C[C@]12OC[C@H](O)[C@H]1OC[C@H]2O. The normalized spacial score (nSPS) is 56.5. The van der Waals surface area contributed by atoms with Gasteiger partial charge in [-0.05, 0) is 6.92 Å². The molecule has 4 heteroatoms. The molecule has 4 nitrogen and oxygen atoms in total. The third kappa shape index (κ3) is 0.840. The van der Waals surface area contributed by atoms with Gasteiger partial charge in [0.15, 0.2) is 0 Å². The Morgan fingerprint density at radius 1 is 1.36 bits per heavy atom. The van der Waals surface area contributed by atoms with Gasteiger partial charge in [0.1, 0.15) is 23.9 Å². The van der Waals surface area contributed by atoms with Crippen molar-refractivity contribution in [1.82, 2.24) is 0 Å². The molecule has 0 unspecified atom stereocenters. The lowest BCUT2D eigenvalue weighted by atomic mass is 9.95. The number of aliphatic hydroxyl groups is 2. The van der Waals surface area contributed by atoms with E-state index in [2.05, 4.69) is 0 Å². The molecule has 0 amide bonds. The summed E-state index contributed by atoms with van der Waals surface area (Å²) in [5.74, 6) is 0. The molecule has 0 aromatic carbocycles. The van der Waals surface area contributed by atoms with Crippen LogP contribution in [-0.4, -0.2) is 47.3 Å². The van der Waals surface area contributed by atoms with Crippen LogP contribution in [0.1, 0.15) is 6.92 Å². The Morgan fingerprint density at radius 2 is 2.09 bits per heavy atom. The van der Waals surface area contributed by atoms with Crippen molar-refractivity contribution in [3.8, 4) is 0 Å². The lowest BCUT2D eigenvalue weighted by Crippen LogP contribution is -2.43. The molecule has 0 aromatic rings. The van der Waals surface area contributed by atoms with Crippen LogP contribution in [0.5, 0.6) is 0 Å². The molecule has 0 aliphatic carbocycles. The predicted molar refractivity (Wildman–Crippen MR) is 36.1 cm³/mol. The number of hydrogen-bond acceptors (Lipinski definition) is 4. The highest BCUT2D eigenvalue weighted by atomic mass is 16.6. The van der Waals surface area contributed by atoms with E-state index in [0.717, 1.165) is 0 Å². The lowest BCUT2D eigenvalue weighted by molar-refractivity contribution is -0.0621. The maximum absolute atomic E-state index is 9.42. The van der Waals surface area contributed by atoms with Crippen LogP contribution in [0, 0.1) is 0 Å². The van der Waals surface area contributed by atoms with Crippen LogP contribution in [0.25, 0.3) is 0 Å². The molecular weight excluding hydrogens is 148 g/mol. The minimum absolute atomic E-state index is 0.262. The average Bonchev–Trinajstić information content (AvgIpc) is 2.39. The molecule has 11 heavy (non-hydrogen) atoms. The summed E-state index contributed by atoms with van der Waals surface area (Å²) < 4.78 is 10.4. The van der Waals surface area contributed by atoms with Crippen LogP contribution in [-0.2, 0) is 9.47 Å². The van der Waals surface area contributed by atoms with Crippen molar-refractivity contribution >= 4 is 0 Å². The molecule has 2 fully saturated rings. The summed E-state index contributed by atoms with van der Waals surface area (Å²) in [6.07, 6.45) is -1.54. The van der Waals surface area contributed by atoms with Crippen LogP contribution < -0.4 is 0 Å². The van der Waals surface area contributed by atoms with Gasteiger partial charge >= 0.3 is 0 Å². The summed E-state index contributed by atoms with van der Waals surface area (Å²) in [6, 6.07) is 0. The Morgan fingerprint density at radius 3 is 2.73 bits per heavy atom. The summed E-state index contributed by atoms with van der Waals surface area (Å²) in [5.41, 5.74) is -0.681. The van der Waals surface area contributed by atoms with Crippen LogP contribution in [0.3, 0.4) is 0 Å². The summed E-state index contributed by atoms with van der Waals surface area (Å²) in [5, 5.41) is 18.7. The Kier molecular flexibility index (Phi) is 1.47. The first-order valence-electron chi connectivity index (χ1n) is 3.76. The molecule has 0 aromatic heterocycles. The fourth-order valence-corrected chi connectivity index (χ4v) is 1.74. The average molecular weight is 160 g/mol. The van der Waals surface area contributed by atoms with Crippen LogP contribution in [0.2, 0.25) is 0 Å². The van der Waals surface area contributed by atoms with E-state index >= 15 is 0 Å². The van der Waals surface area contributed by atoms with E-state index < -0.39 is 17.8 Å². The predicted octanol–water partition coefficient (Wildman–Crippen LogP) is -1.10. The van der Waals surface area contributed by atoms with Gasteiger partial charge in [-0.25, -0.2) is 0 Å². The summed E-state index contributed by atoms with van der Waals surface area (Å²) >= 11 is 0. The smallest absolute Gasteiger partial charge is 0.122 e. The highest BCUT2D eigenvalue weighted by molar-refractivity contribution is 5.04. The van der Waals surface area contributed by atoms with E-state index in [1.54, 1.807) is 6.92 Å². The highest BCUT2D eigenvalue weighted by Crippen LogP contribution is 2.36. The van der Waals surface area contributed by atoms with E-state index in [-0.39, 0.29) is 19.3 Å². The topological polar surface area (TPSA) is 58.9 Å². The zero-order valence-corrected chi connectivity index (χ0v) is 6.36. The molecule has 2 rings (SSSR count). The molecule has 0 radical (unpaired) electrons. The third-order valence-electron chi connectivity index (χ3n) is 2.57. The molecule has 2 saturated heterocycles. The fraction of sp³-hybridized carbons (Fsp3) is 1.00. The molecule has 2 N–H and O–H groups in total. The largest absolute Gasteiger partial charge is 0.388 e. The minimum Gasteiger partial charge on any atom is -0.388 e. The van der Waals surface area contributed by atoms with Crippen molar-refractivity contribution < 1.29 is 19.7 Å². The second-order valence-corrected chi connectivity index (χ2v) is 3.33. The quantitative estimate of drug-likeness (QED) is 0.472. The van der Waals surface area contributed by atoms with Crippen molar-refractivity contribution in [3.63, 3.8) is 0 Å². The standard InChI is InChI=1S/C7H12O4/c1-7-5(9)3-10-6(7)4(8)2-11-7/h4-6,8-9H,2-3H2,1H3/t4-,5+,6+,7+/m0/s1. The number of aliphatic hydroxyl groups excluding tert-OH is 2. The van der Waals surface area contributed by atoms with Gasteiger partial charge in [-0.15, -0.1) is 0 Å². The monoisotopic (exact) mass is 160 g/mol.